The molecule has 4 aromatic carbocycles. The lowest BCUT2D eigenvalue weighted by Gasteiger charge is -2.43. The molecule has 4 heterocycles. The van der Waals surface area contributed by atoms with Gasteiger partial charge in [0.05, 0.1) is 28.9 Å². The predicted molar refractivity (Wildman–Crippen MR) is 335 cm³/mol. The molecule has 6 aliphatic rings. The van der Waals surface area contributed by atoms with E-state index in [-0.39, 0.29) is 18.0 Å². The summed E-state index contributed by atoms with van der Waals surface area (Å²) in [6.45, 7) is 8.51. The van der Waals surface area contributed by atoms with Crippen LogP contribution in [0.1, 0.15) is 187 Å². The van der Waals surface area contributed by atoms with Crippen LogP contribution >= 0.6 is 0 Å². The number of hydrogen-bond donors (Lipinski definition) is 3. The molecule has 2 aliphatic heterocycles. The zero-order valence-corrected chi connectivity index (χ0v) is 50.5. The fourth-order valence-electron chi connectivity index (χ4n) is 15.6. The lowest BCUT2D eigenvalue weighted by atomic mass is 9.78. The Labute approximate surface area is 504 Å². The molecule has 6 aromatic rings. The Balaban J connectivity index is 0.718. The van der Waals surface area contributed by atoms with Gasteiger partial charge in [-0.1, -0.05) is 94.5 Å². The molecule has 2 aromatic heterocycles. The molecule has 4 fully saturated rings. The molecule has 12 rings (SSSR count). The number of nitrogens with zero attached hydrogens (tertiary/aromatic N) is 8. The van der Waals surface area contributed by atoms with Crippen molar-refractivity contribution in [2.24, 2.45) is 33.3 Å². The summed E-state index contributed by atoms with van der Waals surface area (Å²) < 4.78 is 24.5. The molecule has 1 unspecified atom stereocenters. The van der Waals surface area contributed by atoms with E-state index in [9.17, 15) is 5.11 Å². The van der Waals surface area contributed by atoms with Crippen LogP contribution in [-0.2, 0) is 26.2 Å². The highest BCUT2D eigenvalue weighted by Gasteiger charge is 2.39. The van der Waals surface area contributed by atoms with Crippen molar-refractivity contribution in [3.63, 3.8) is 0 Å². The van der Waals surface area contributed by atoms with Crippen LogP contribution in [0.2, 0.25) is 0 Å². The zero-order chi connectivity index (χ0) is 58.1. The molecular formula is C70H92N10O5. The van der Waals surface area contributed by atoms with Crippen LogP contribution in [0, 0.1) is 25.7 Å². The first-order valence-electron chi connectivity index (χ1n) is 32.6. The molecule has 5 N–H and O–H groups in total. The maximum atomic E-state index is 12.7. The van der Waals surface area contributed by atoms with Crippen LogP contribution in [0.4, 0.5) is 11.4 Å². The van der Waals surface area contributed by atoms with Crippen molar-refractivity contribution in [2.75, 3.05) is 13.1 Å². The number of aliphatic hydroxyl groups excluding tert-OH is 1. The van der Waals surface area contributed by atoms with Gasteiger partial charge in [-0.15, -0.1) is 0 Å². The zero-order valence-electron chi connectivity index (χ0n) is 50.5. The highest BCUT2D eigenvalue weighted by molar-refractivity contribution is 5.85. The van der Waals surface area contributed by atoms with E-state index in [1.165, 1.54) is 96.3 Å². The number of aromatic nitrogens is 2. The number of guanidine groups is 2. The Bertz CT molecular complexity index is 3180. The van der Waals surface area contributed by atoms with Gasteiger partial charge in [0.25, 0.3) is 0 Å². The summed E-state index contributed by atoms with van der Waals surface area (Å²) in [6, 6.07) is 31.8. The molecule has 4 saturated carbocycles. The fourth-order valence-corrected chi connectivity index (χ4v) is 15.6. The fraction of sp³-hybridized carbons (Fsp3) is 0.543. The third-order valence-electron chi connectivity index (χ3n) is 19.9. The SMILES string of the molecule is Cc1nc(CN(CCC[C@@H](C2CCCCC2)N2Cc3cc(Oc4cccc(C5CCC[C@H](N(CCC[C@@H](C6CCCCC6)N6Cc7cc(Oc8ccccc8)ccc7N=C6N)Cc6coc(C)n6)[C@H]5O)c4)ccc3N=C2N)C2CCCCC2)co1. The second-order valence-electron chi connectivity index (χ2n) is 25.6. The number of hydrogen-bond acceptors (Lipinski definition) is 15. The Kier molecular flexibility index (Phi) is 19.2. The highest BCUT2D eigenvalue weighted by Crippen LogP contribution is 2.42. The lowest BCUT2D eigenvalue weighted by molar-refractivity contribution is -0.00120. The van der Waals surface area contributed by atoms with Gasteiger partial charge in [0, 0.05) is 81.2 Å². The first-order valence-corrected chi connectivity index (χ1v) is 32.6. The average molecular weight is 1150 g/mol. The minimum Gasteiger partial charge on any atom is -0.457 e. The highest BCUT2D eigenvalue weighted by atomic mass is 16.5. The van der Waals surface area contributed by atoms with Gasteiger partial charge in [0.15, 0.2) is 23.7 Å². The van der Waals surface area contributed by atoms with Crippen LogP contribution in [-0.4, -0.2) is 90.0 Å². The van der Waals surface area contributed by atoms with Gasteiger partial charge in [-0.2, -0.15) is 0 Å². The second kappa shape index (κ2) is 27.8. The monoisotopic (exact) mass is 1150 g/mol. The number of oxazole rings is 2. The Hall–Kier alpha value is -6.68. The standard InChI is InChI=1S/C70H92N10O5/c1-48-73-55(46-82-48)44-77(57-24-11-5-12-25-57)37-17-31-65(50-19-7-3-8-20-50)79-43-54-41-61(34-36-64(54)76-69(79)71)85-59-28-15-23-52(39-59)62-29-16-30-67(68(62)81)78(45-56-47-83-49(2)74-56)38-18-32-66(51-21-9-4-10-22-51)80-42-53-40-60(33-35-63(53)75-70(80)72)84-58-26-13-6-14-27-58/h6,13-15,23,26-28,33-36,39-41,46-47,50-51,57,62,65-68,81H,3-5,7-12,16-22,24-25,29-32,37-38,42-45H2,1-2H3,(H2,71,76)(H2,72,75)/t62?,65-,66-,67-,68-/m0/s1. The molecule has 452 valence electrons. The van der Waals surface area contributed by atoms with E-state index in [1.54, 1.807) is 6.26 Å². The second-order valence-corrected chi connectivity index (χ2v) is 25.6. The summed E-state index contributed by atoms with van der Waals surface area (Å²) in [5.41, 5.74) is 21.0. The summed E-state index contributed by atoms with van der Waals surface area (Å²) >= 11 is 0. The van der Waals surface area contributed by atoms with Gasteiger partial charge in [-0.25, -0.2) is 20.0 Å². The van der Waals surface area contributed by atoms with Gasteiger partial charge >= 0.3 is 0 Å². The maximum Gasteiger partial charge on any atom is 0.197 e. The summed E-state index contributed by atoms with van der Waals surface area (Å²) in [4.78, 5) is 29.5. The molecule has 15 nitrogen and oxygen atoms in total. The first kappa shape index (κ1) is 58.7. The minimum absolute atomic E-state index is 0.0635. The van der Waals surface area contributed by atoms with Crippen molar-refractivity contribution < 1.29 is 23.4 Å². The number of aryl methyl sites for hydroxylation is 2. The minimum atomic E-state index is -0.594. The lowest BCUT2D eigenvalue weighted by Crippen LogP contribution is -2.50. The van der Waals surface area contributed by atoms with E-state index in [0.29, 0.717) is 61.4 Å². The quantitative estimate of drug-likeness (QED) is 0.0552. The number of rotatable bonds is 23. The molecule has 85 heavy (non-hydrogen) atoms. The number of para-hydroxylation sites is 1. The summed E-state index contributed by atoms with van der Waals surface area (Å²) in [6.07, 6.45) is 28.8. The van der Waals surface area contributed by atoms with Crippen LogP contribution in [0.3, 0.4) is 0 Å². The van der Waals surface area contributed by atoms with E-state index in [2.05, 4.69) is 56.0 Å². The van der Waals surface area contributed by atoms with Gasteiger partial charge in [0.1, 0.15) is 35.5 Å². The Morgan fingerprint density at radius 2 is 1.06 bits per heavy atom. The molecule has 0 radical (unpaired) electrons. The molecule has 0 amide bonds. The maximum absolute atomic E-state index is 12.7. The third-order valence-corrected chi connectivity index (χ3v) is 19.9. The molecule has 4 aliphatic carbocycles. The van der Waals surface area contributed by atoms with E-state index >= 15 is 0 Å². The van der Waals surface area contributed by atoms with Crippen molar-refractivity contribution in [3.05, 3.63) is 143 Å². The summed E-state index contributed by atoms with van der Waals surface area (Å²) in [5, 5.41) is 12.7. The molecule has 0 bridgehead atoms. The third kappa shape index (κ3) is 14.6. The first-order chi connectivity index (χ1) is 41.6. The smallest absolute Gasteiger partial charge is 0.197 e. The normalized spacial score (nSPS) is 21.5. The number of benzene rings is 4. The molecular weight excluding hydrogens is 1060 g/mol. The largest absolute Gasteiger partial charge is 0.457 e. The number of aliphatic hydroxyl groups is 1. The van der Waals surface area contributed by atoms with Gasteiger partial charge in [-0.3, -0.25) is 9.80 Å². The van der Waals surface area contributed by atoms with E-state index in [4.69, 9.17) is 49.7 Å². The van der Waals surface area contributed by atoms with E-state index in [0.717, 1.165) is 133 Å². The number of fused-ring (bicyclic) bond motifs is 2. The van der Waals surface area contributed by atoms with Crippen LogP contribution < -0.4 is 20.9 Å². The van der Waals surface area contributed by atoms with Gasteiger partial charge < -0.3 is 44.7 Å². The van der Waals surface area contributed by atoms with Gasteiger partial charge in [0.2, 0.25) is 0 Å². The number of nitrogens with two attached hydrogens (primary N) is 2. The molecule has 0 spiro atoms. The van der Waals surface area contributed by atoms with Gasteiger partial charge in [-0.05, 0) is 168 Å². The van der Waals surface area contributed by atoms with Crippen molar-refractivity contribution in [3.8, 4) is 23.0 Å². The van der Waals surface area contributed by atoms with Crippen LogP contribution in [0.5, 0.6) is 23.0 Å². The van der Waals surface area contributed by atoms with Crippen molar-refractivity contribution in [1.29, 1.82) is 0 Å². The van der Waals surface area contributed by atoms with Crippen LogP contribution in [0.25, 0.3) is 0 Å². The average Bonchev–Trinajstić information content (AvgIpc) is 4.26. The van der Waals surface area contributed by atoms with E-state index < -0.39 is 6.10 Å². The Morgan fingerprint density at radius 3 is 1.61 bits per heavy atom. The molecule has 0 saturated heterocycles. The topological polar surface area (TPSA) is 180 Å². The van der Waals surface area contributed by atoms with E-state index in [1.807, 2.05) is 74.7 Å². The summed E-state index contributed by atoms with van der Waals surface area (Å²) in [5.74, 6) is 6.79. The molecule has 5 atom stereocenters. The predicted octanol–water partition coefficient (Wildman–Crippen LogP) is 14.9. The summed E-state index contributed by atoms with van der Waals surface area (Å²) in [7, 11) is 0. The number of aliphatic imine (C=N–C) groups is 2. The van der Waals surface area contributed by atoms with Crippen molar-refractivity contribution >= 4 is 23.3 Å². The van der Waals surface area contributed by atoms with Crippen LogP contribution in [0.15, 0.2) is 122 Å². The Morgan fingerprint density at radius 1 is 0.553 bits per heavy atom. The van der Waals surface area contributed by atoms with Crippen molar-refractivity contribution in [2.45, 2.75) is 217 Å². The number of ether oxygens (including phenoxy) is 2. The molecule has 15 heteroatoms. The van der Waals surface area contributed by atoms with Crippen molar-refractivity contribution in [1.82, 2.24) is 29.6 Å².